The fourth-order valence-electron chi connectivity index (χ4n) is 6.49. The van der Waals surface area contributed by atoms with E-state index in [0.717, 1.165) is 42.9 Å². The van der Waals surface area contributed by atoms with E-state index in [9.17, 15) is 24.3 Å². The summed E-state index contributed by atoms with van der Waals surface area (Å²) in [6.45, 7) is 13.4. The van der Waals surface area contributed by atoms with Crippen LogP contribution in [0.5, 0.6) is 0 Å². The Hall–Kier alpha value is -2.51. The Morgan fingerprint density at radius 2 is 1.64 bits per heavy atom. The van der Waals surface area contributed by atoms with Gasteiger partial charge < -0.3 is 31.1 Å². The summed E-state index contributed by atoms with van der Waals surface area (Å²) >= 11 is 3.25. The largest absolute Gasteiger partial charge is 0.444 e. The fraction of sp³-hybridized carbons (Fsp3) is 0.757. The van der Waals surface area contributed by atoms with Gasteiger partial charge in [-0.05, 0) is 63.5 Å². The standard InChI is InChI=1S/C37H61N5O6S2/c1-8-24(4)30(33(45)39-22-26-16-12-13-17-38-26)41-32(44)27(23(2)3)21-29(43)28(20-25-14-10-9-11-15-25)40-34(46)31(35-49-18-19-50-35)42-36(47)48-37(5,6)7/h12-13,16-17,23-25,27-31,35,43H,8-11,14-15,18-22H2,1-7H3,(H,39,45)(H,40,46)(H,41,44)(H,42,47)/t24-,27?,28-,29-,30-,31+/m0/s1. The first-order valence-corrected chi connectivity index (χ1v) is 20.5. The molecule has 0 bridgehead atoms. The minimum absolute atomic E-state index is 0.112. The summed E-state index contributed by atoms with van der Waals surface area (Å²) in [5.41, 5.74) is -0.000971. The van der Waals surface area contributed by atoms with Crippen molar-refractivity contribution in [1.29, 1.82) is 0 Å². The maximum absolute atomic E-state index is 14.0. The van der Waals surface area contributed by atoms with E-state index in [4.69, 9.17) is 4.74 Å². The third-order valence-corrected chi connectivity index (χ3v) is 12.7. The molecule has 1 aliphatic heterocycles. The molecule has 1 saturated carbocycles. The van der Waals surface area contributed by atoms with Gasteiger partial charge in [0, 0.05) is 23.6 Å². The molecule has 11 nitrogen and oxygen atoms in total. The molecule has 6 atom stereocenters. The number of hydrogen-bond acceptors (Lipinski definition) is 9. The number of carbonyl (C=O) groups excluding carboxylic acids is 4. The van der Waals surface area contributed by atoms with Crippen molar-refractivity contribution in [3.8, 4) is 0 Å². The number of ether oxygens (including phenoxy) is 1. The van der Waals surface area contributed by atoms with Gasteiger partial charge in [-0.25, -0.2) is 4.79 Å². The molecule has 1 aromatic heterocycles. The molecule has 0 radical (unpaired) electrons. The SMILES string of the molecule is CC[C@H](C)[C@H](NC(=O)C(C[C@H](O)[C@H](CC1CCCCC1)NC(=O)[C@@H](NC(=O)OC(C)(C)C)C1SCCS1)C(C)C)C(=O)NCc1ccccn1. The normalized spacial score (nSPS) is 19.5. The van der Waals surface area contributed by atoms with Crippen LogP contribution in [0.15, 0.2) is 24.4 Å². The first-order chi connectivity index (χ1) is 23.7. The van der Waals surface area contributed by atoms with E-state index in [2.05, 4.69) is 26.3 Å². The molecule has 1 saturated heterocycles. The van der Waals surface area contributed by atoms with Gasteiger partial charge in [-0.1, -0.05) is 72.3 Å². The molecule has 2 heterocycles. The third-order valence-electron chi connectivity index (χ3n) is 9.58. The van der Waals surface area contributed by atoms with E-state index in [-0.39, 0.29) is 47.1 Å². The van der Waals surface area contributed by atoms with Crippen LogP contribution in [0, 0.1) is 23.7 Å². The van der Waals surface area contributed by atoms with E-state index >= 15 is 0 Å². The Kier molecular flexibility index (Phi) is 17.2. The van der Waals surface area contributed by atoms with Gasteiger partial charge in [0.25, 0.3) is 0 Å². The molecule has 0 aromatic carbocycles. The van der Waals surface area contributed by atoms with Crippen LogP contribution in [-0.4, -0.2) is 79.8 Å². The number of thioether (sulfide) groups is 2. The molecule has 13 heteroatoms. The van der Waals surface area contributed by atoms with Crippen molar-refractivity contribution >= 4 is 47.3 Å². The molecule has 2 fully saturated rings. The molecule has 2 aliphatic rings. The van der Waals surface area contributed by atoms with Crippen LogP contribution in [0.1, 0.15) is 106 Å². The van der Waals surface area contributed by atoms with E-state index < -0.39 is 41.8 Å². The van der Waals surface area contributed by atoms with E-state index in [1.54, 1.807) is 50.5 Å². The lowest BCUT2D eigenvalue weighted by Crippen LogP contribution is -2.57. The number of alkyl carbamates (subject to hydrolysis) is 1. The number of hydrogen-bond donors (Lipinski definition) is 5. The highest BCUT2D eigenvalue weighted by Crippen LogP contribution is 2.35. The Labute approximate surface area is 307 Å². The second-order valence-electron chi connectivity index (χ2n) is 15.2. The second kappa shape index (κ2) is 20.5. The molecule has 1 aliphatic carbocycles. The predicted molar refractivity (Wildman–Crippen MR) is 201 cm³/mol. The molecule has 3 rings (SSSR count). The smallest absolute Gasteiger partial charge is 0.408 e. The average molecular weight is 736 g/mol. The summed E-state index contributed by atoms with van der Waals surface area (Å²) in [5, 5.41) is 23.7. The van der Waals surface area contributed by atoms with Crippen molar-refractivity contribution < 1.29 is 29.0 Å². The second-order valence-corrected chi connectivity index (χ2v) is 18.0. The highest BCUT2D eigenvalue weighted by atomic mass is 32.2. The van der Waals surface area contributed by atoms with Gasteiger partial charge in [0.1, 0.15) is 17.7 Å². The van der Waals surface area contributed by atoms with Gasteiger partial charge in [-0.15, -0.1) is 23.5 Å². The number of aromatic nitrogens is 1. The van der Waals surface area contributed by atoms with Crippen molar-refractivity contribution in [1.82, 2.24) is 26.3 Å². The minimum Gasteiger partial charge on any atom is -0.444 e. The molecule has 1 aromatic rings. The van der Waals surface area contributed by atoms with Gasteiger partial charge in [-0.3, -0.25) is 19.4 Å². The zero-order valence-electron chi connectivity index (χ0n) is 31.0. The Bertz CT molecular complexity index is 1220. The molecule has 4 amide bonds. The summed E-state index contributed by atoms with van der Waals surface area (Å²) in [5.74, 6) is 0.244. The monoisotopic (exact) mass is 735 g/mol. The van der Waals surface area contributed by atoms with Crippen molar-refractivity contribution in [3.63, 3.8) is 0 Å². The summed E-state index contributed by atoms with van der Waals surface area (Å²) in [6.07, 6.45) is 6.79. The number of amides is 4. The Morgan fingerprint density at radius 3 is 2.22 bits per heavy atom. The van der Waals surface area contributed by atoms with Gasteiger partial charge in [-0.2, -0.15) is 0 Å². The molecule has 5 N–H and O–H groups in total. The predicted octanol–water partition coefficient (Wildman–Crippen LogP) is 5.41. The van der Waals surface area contributed by atoms with Crippen LogP contribution in [0.3, 0.4) is 0 Å². The Morgan fingerprint density at radius 1 is 0.960 bits per heavy atom. The van der Waals surface area contributed by atoms with Gasteiger partial charge in [0.15, 0.2) is 0 Å². The molecule has 282 valence electrons. The maximum atomic E-state index is 14.0. The average Bonchev–Trinajstić information content (AvgIpc) is 3.61. The van der Waals surface area contributed by atoms with Crippen molar-refractivity contribution in [2.24, 2.45) is 23.7 Å². The summed E-state index contributed by atoms with van der Waals surface area (Å²) in [4.78, 5) is 58.3. The molecule has 1 unspecified atom stereocenters. The quantitative estimate of drug-likeness (QED) is 0.141. The lowest BCUT2D eigenvalue weighted by Gasteiger charge is -2.34. The number of rotatable bonds is 17. The minimum atomic E-state index is -1.02. The number of nitrogens with zero attached hydrogens (tertiary/aromatic N) is 1. The van der Waals surface area contributed by atoms with E-state index in [1.165, 1.54) is 6.42 Å². The van der Waals surface area contributed by atoms with Crippen molar-refractivity contribution in [2.45, 2.75) is 141 Å². The van der Waals surface area contributed by atoms with Crippen LogP contribution in [0.4, 0.5) is 4.79 Å². The topological polar surface area (TPSA) is 159 Å². The highest BCUT2D eigenvalue weighted by Gasteiger charge is 2.39. The van der Waals surface area contributed by atoms with E-state index in [1.807, 2.05) is 45.9 Å². The third kappa shape index (κ3) is 13.9. The van der Waals surface area contributed by atoms with Crippen LogP contribution >= 0.6 is 23.5 Å². The molecule has 0 spiro atoms. The van der Waals surface area contributed by atoms with Crippen LogP contribution < -0.4 is 21.3 Å². The van der Waals surface area contributed by atoms with Crippen molar-refractivity contribution in [2.75, 3.05) is 11.5 Å². The first-order valence-electron chi connectivity index (χ1n) is 18.4. The molecular formula is C37H61N5O6S2. The number of nitrogens with one attached hydrogen (secondary N) is 4. The van der Waals surface area contributed by atoms with Crippen LogP contribution in [0.25, 0.3) is 0 Å². The number of aliphatic hydroxyl groups excluding tert-OH is 1. The molecular weight excluding hydrogens is 675 g/mol. The first kappa shape index (κ1) is 41.9. The number of aliphatic hydroxyl groups is 1. The summed E-state index contributed by atoms with van der Waals surface area (Å²) in [6, 6.07) is 3.27. The van der Waals surface area contributed by atoms with Crippen LogP contribution in [0.2, 0.25) is 0 Å². The van der Waals surface area contributed by atoms with Crippen molar-refractivity contribution in [3.05, 3.63) is 30.1 Å². The number of carbonyl (C=O) groups is 4. The fourth-order valence-corrected chi connectivity index (χ4v) is 9.45. The van der Waals surface area contributed by atoms with Gasteiger partial charge in [0.05, 0.1) is 29.0 Å². The summed E-state index contributed by atoms with van der Waals surface area (Å²) < 4.78 is 5.30. The van der Waals surface area contributed by atoms with E-state index in [0.29, 0.717) is 18.8 Å². The maximum Gasteiger partial charge on any atom is 0.408 e. The Balaban J connectivity index is 1.77. The van der Waals surface area contributed by atoms with Gasteiger partial charge >= 0.3 is 6.09 Å². The summed E-state index contributed by atoms with van der Waals surface area (Å²) in [7, 11) is 0. The van der Waals surface area contributed by atoms with Crippen LogP contribution in [-0.2, 0) is 25.7 Å². The molecule has 50 heavy (non-hydrogen) atoms. The lowest BCUT2D eigenvalue weighted by atomic mass is 9.81. The van der Waals surface area contributed by atoms with Gasteiger partial charge in [0.2, 0.25) is 17.7 Å². The highest BCUT2D eigenvalue weighted by molar-refractivity contribution is 8.20. The zero-order chi connectivity index (χ0) is 36.8. The number of pyridine rings is 1. The zero-order valence-corrected chi connectivity index (χ0v) is 32.7. The lowest BCUT2D eigenvalue weighted by molar-refractivity contribution is -0.134.